The van der Waals surface area contributed by atoms with Crippen LogP contribution in [0.1, 0.15) is 19.4 Å². The normalized spacial score (nSPS) is 12.5. The van der Waals surface area contributed by atoms with Crippen molar-refractivity contribution in [3.63, 3.8) is 0 Å². The lowest BCUT2D eigenvalue weighted by atomic mass is 10.1. The smallest absolute Gasteiger partial charge is 0.330 e. The van der Waals surface area contributed by atoms with Crippen molar-refractivity contribution in [3.05, 3.63) is 47.7 Å². The van der Waals surface area contributed by atoms with Crippen LogP contribution in [0.2, 0.25) is 0 Å². The molecule has 1 aromatic heterocycles. The first-order valence-electron chi connectivity index (χ1n) is 6.91. The number of ether oxygens (including phenoxy) is 1. The molecule has 0 spiro atoms. The molecule has 0 saturated carbocycles. The van der Waals surface area contributed by atoms with Gasteiger partial charge in [-0.25, -0.2) is 4.79 Å². The first-order chi connectivity index (χ1) is 10.1. The van der Waals surface area contributed by atoms with Crippen LogP contribution < -0.4 is 0 Å². The fourth-order valence-corrected chi connectivity index (χ4v) is 2.14. The van der Waals surface area contributed by atoms with E-state index in [0.29, 0.717) is 6.42 Å². The zero-order valence-electron chi connectivity index (χ0n) is 12.6. The molecule has 0 amide bonds. The summed E-state index contributed by atoms with van der Waals surface area (Å²) in [6.07, 6.45) is 6.00. The van der Waals surface area contributed by atoms with Crippen molar-refractivity contribution in [2.75, 3.05) is 7.11 Å². The Kier molecular flexibility index (Phi) is 4.93. The summed E-state index contributed by atoms with van der Waals surface area (Å²) in [7, 11) is 1.39. The van der Waals surface area contributed by atoms with Crippen molar-refractivity contribution >= 4 is 23.1 Å². The number of H-pyrrole nitrogens is 1. The molecule has 4 nitrogen and oxygen atoms in total. The van der Waals surface area contributed by atoms with E-state index >= 15 is 0 Å². The van der Waals surface area contributed by atoms with Gasteiger partial charge in [0.15, 0.2) is 6.04 Å². The first-order valence-corrected chi connectivity index (χ1v) is 6.91. The fraction of sp³-hybridized carbons (Fsp3) is 0.294. The maximum atomic E-state index is 11.9. The second-order valence-electron chi connectivity index (χ2n) is 5.14. The van der Waals surface area contributed by atoms with Crippen LogP contribution >= 0.6 is 0 Å². The van der Waals surface area contributed by atoms with E-state index in [1.807, 2.05) is 50.4 Å². The molecule has 0 fully saturated rings. The Labute approximate surface area is 124 Å². The third-order valence-corrected chi connectivity index (χ3v) is 3.24. The highest BCUT2D eigenvalue weighted by atomic mass is 16.5. The first kappa shape index (κ1) is 15.0. The molecule has 0 radical (unpaired) electrons. The summed E-state index contributed by atoms with van der Waals surface area (Å²) in [6.45, 7) is 3.97. The number of aliphatic imine (C=N–C) groups is 1. The molecule has 1 atom stereocenters. The quantitative estimate of drug-likeness (QED) is 0.676. The fourth-order valence-electron chi connectivity index (χ4n) is 2.14. The van der Waals surface area contributed by atoms with Crippen LogP contribution in [0.4, 0.5) is 0 Å². The van der Waals surface area contributed by atoms with Gasteiger partial charge in [0, 0.05) is 29.7 Å². The van der Waals surface area contributed by atoms with E-state index < -0.39 is 6.04 Å². The lowest BCUT2D eigenvalue weighted by molar-refractivity contribution is -0.142. The predicted molar refractivity (Wildman–Crippen MR) is 85.7 cm³/mol. The number of hydrogen-bond acceptors (Lipinski definition) is 3. The van der Waals surface area contributed by atoms with Crippen molar-refractivity contribution in [3.8, 4) is 0 Å². The second kappa shape index (κ2) is 6.88. The summed E-state index contributed by atoms with van der Waals surface area (Å²) in [5.74, 6) is -0.321. The Bertz CT molecular complexity index is 679. The lowest BCUT2D eigenvalue weighted by Gasteiger charge is -2.09. The van der Waals surface area contributed by atoms with Crippen LogP contribution in [0.5, 0.6) is 0 Å². The highest BCUT2D eigenvalue weighted by molar-refractivity contribution is 5.85. The summed E-state index contributed by atoms with van der Waals surface area (Å²) in [6, 6.07) is 7.49. The molecule has 110 valence electrons. The van der Waals surface area contributed by atoms with E-state index in [1.165, 1.54) is 7.11 Å². The number of methoxy groups -OCH3 is 1. The van der Waals surface area contributed by atoms with Gasteiger partial charge in [-0.15, -0.1) is 0 Å². The number of carbonyl (C=O) groups is 1. The number of rotatable bonds is 5. The average molecular weight is 284 g/mol. The molecule has 0 bridgehead atoms. The van der Waals surface area contributed by atoms with Gasteiger partial charge in [-0.3, -0.25) is 4.99 Å². The molecule has 0 unspecified atom stereocenters. The summed E-state index contributed by atoms with van der Waals surface area (Å²) < 4.78 is 4.85. The monoisotopic (exact) mass is 284 g/mol. The van der Waals surface area contributed by atoms with Crippen LogP contribution in [0.15, 0.2) is 47.1 Å². The zero-order chi connectivity index (χ0) is 15.2. The Hall–Kier alpha value is -2.36. The topological polar surface area (TPSA) is 54.5 Å². The molecule has 21 heavy (non-hydrogen) atoms. The summed E-state index contributed by atoms with van der Waals surface area (Å²) >= 11 is 0. The van der Waals surface area contributed by atoms with E-state index in [2.05, 4.69) is 9.98 Å². The largest absolute Gasteiger partial charge is 0.467 e. The van der Waals surface area contributed by atoms with E-state index in [4.69, 9.17) is 4.74 Å². The van der Waals surface area contributed by atoms with E-state index in [1.54, 1.807) is 6.21 Å². The number of aromatic nitrogens is 1. The molecule has 0 saturated heterocycles. The maximum absolute atomic E-state index is 11.9. The van der Waals surface area contributed by atoms with Crippen LogP contribution in [0, 0.1) is 0 Å². The van der Waals surface area contributed by atoms with Gasteiger partial charge in [0.2, 0.25) is 0 Å². The number of carbonyl (C=O) groups excluding carboxylic acids is 1. The zero-order valence-corrected chi connectivity index (χ0v) is 12.6. The van der Waals surface area contributed by atoms with Crippen molar-refractivity contribution in [2.24, 2.45) is 4.99 Å². The van der Waals surface area contributed by atoms with Crippen LogP contribution in [-0.4, -0.2) is 30.3 Å². The maximum Gasteiger partial charge on any atom is 0.330 e. The van der Waals surface area contributed by atoms with Gasteiger partial charge in [-0.2, -0.15) is 0 Å². The molecule has 4 heteroatoms. The predicted octanol–water partition coefficient (Wildman–Crippen LogP) is 3.29. The number of allylic oxidation sites excluding steroid dienone is 2. The summed E-state index contributed by atoms with van der Waals surface area (Å²) in [4.78, 5) is 19.4. The average Bonchev–Trinajstić information content (AvgIpc) is 2.88. The van der Waals surface area contributed by atoms with Gasteiger partial charge in [-0.1, -0.05) is 23.8 Å². The molecule has 2 rings (SSSR count). The van der Waals surface area contributed by atoms with Gasteiger partial charge >= 0.3 is 5.97 Å². The van der Waals surface area contributed by atoms with E-state index in [0.717, 1.165) is 22.0 Å². The number of esters is 1. The molecule has 1 N–H and O–H groups in total. The highest BCUT2D eigenvalue weighted by Crippen LogP contribution is 2.20. The molecule has 1 aromatic carbocycles. The van der Waals surface area contributed by atoms with Crippen molar-refractivity contribution in [1.29, 1.82) is 0 Å². The standard InChI is InChI=1S/C17H20N2O2/c1-12(2)8-9-18-16(17(20)21-3)10-13-11-19-15-7-5-4-6-14(13)15/h4-9,11,16,19H,10H2,1-3H3/t16-/m0/s1. The lowest BCUT2D eigenvalue weighted by Crippen LogP contribution is -2.22. The number of fused-ring (bicyclic) bond motifs is 1. The van der Waals surface area contributed by atoms with Crippen LogP contribution in [0.25, 0.3) is 10.9 Å². The number of para-hydroxylation sites is 1. The summed E-state index contributed by atoms with van der Waals surface area (Å²) in [5.41, 5.74) is 3.26. The highest BCUT2D eigenvalue weighted by Gasteiger charge is 2.19. The minimum absolute atomic E-state index is 0.321. The van der Waals surface area contributed by atoms with Crippen molar-refractivity contribution in [2.45, 2.75) is 26.3 Å². The molecular weight excluding hydrogens is 264 g/mol. The number of nitrogens with zero attached hydrogens (tertiary/aromatic N) is 1. The van der Waals surface area contributed by atoms with Gasteiger partial charge in [0.1, 0.15) is 0 Å². The van der Waals surface area contributed by atoms with Gasteiger partial charge in [0.25, 0.3) is 0 Å². The molecule has 0 aliphatic rings. The van der Waals surface area contributed by atoms with Crippen LogP contribution in [-0.2, 0) is 16.0 Å². The minimum Gasteiger partial charge on any atom is -0.467 e. The summed E-state index contributed by atoms with van der Waals surface area (Å²) in [5, 5.41) is 1.11. The van der Waals surface area contributed by atoms with Crippen molar-refractivity contribution in [1.82, 2.24) is 4.98 Å². The Morgan fingerprint density at radius 1 is 1.38 bits per heavy atom. The SMILES string of the molecule is COC(=O)[C@H](Cc1c[nH]c2ccccc12)N=CC=C(C)C. The molecular formula is C17H20N2O2. The molecule has 2 aromatic rings. The third-order valence-electron chi connectivity index (χ3n) is 3.24. The Morgan fingerprint density at radius 2 is 2.14 bits per heavy atom. The van der Waals surface area contributed by atoms with Crippen molar-refractivity contribution < 1.29 is 9.53 Å². The number of hydrogen-bond donors (Lipinski definition) is 1. The van der Waals surface area contributed by atoms with E-state index in [-0.39, 0.29) is 5.97 Å². The van der Waals surface area contributed by atoms with Gasteiger partial charge in [0.05, 0.1) is 7.11 Å². The van der Waals surface area contributed by atoms with Crippen LogP contribution in [0.3, 0.4) is 0 Å². The van der Waals surface area contributed by atoms with E-state index in [9.17, 15) is 4.79 Å². The molecule has 0 aliphatic heterocycles. The molecule has 1 heterocycles. The number of nitrogens with one attached hydrogen (secondary N) is 1. The Balaban J connectivity index is 2.24. The number of benzene rings is 1. The van der Waals surface area contributed by atoms with Gasteiger partial charge < -0.3 is 9.72 Å². The Morgan fingerprint density at radius 3 is 2.86 bits per heavy atom. The second-order valence-corrected chi connectivity index (χ2v) is 5.14. The minimum atomic E-state index is -0.523. The third kappa shape index (κ3) is 3.81. The van der Waals surface area contributed by atoms with Gasteiger partial charge in [-0.05, 0) is 31.6 Å². The number of aromatic amines is 1. The molecule has 0 aliphatic carbocycles.